The van der Waals surface area contributed by atoms with Crippen molar-refractivity contribution >= 4 is 19.4 Å². The number of halogens is 1. The molecule has 0 saturated heterocycles. The van der Waals surface area contributed by atoms with Gasteiger partial charge in [0.1, 0.15) is 0 Å². The van der Waals surface area contributed by atoms with Gasteiger partial charge in [-0.3, -0.25) is 13.6 Å². The predicted molar refractivity (Wildman–Crippen MR) is 67.1 cm³/mol. The summed E-state index contributed by atoms with van der Waals surface area (Å²) < 4.78 is 27.2. The molecule has 0 saturated carbocycles. The number of hydrogen-bond acceptors (Lipinski definition) is 4. The number of phosphoric ester groups is 1. The lowest BCUT2D eigenvalue weighted by Crippen LogP contribution is -2.00. The molecule has 96 valence electrons. The minimum absolute atomic E-state index is 0.0942. The normalized spacial score (nSPS) is 11.7. The van der Waals surface area contributed by atoms with Crippen LogP contribution < -0.4 is 0 Å². The van der Waals surface area contributed by atoms with Gasteiger partial charge in [0.25, 0.3) is 0 Å². The minimum atomic E-state index is -3.46. The van der Waals surface area contributed by atoms with E-state index in [-0.39, 0.29) is 19.8 Å². The first kappa shape index (κ1) is 14.7. The summed E-state index contributed by atoms with van der Waals surface area (Å²) >= 11 is 5.96. The smallest absolute Gasteiger partial charge is 0.287 e. The molecular weight excluding hydrogens is 263 g/mol. The number of hydrogen-bond donors (Lipinski definition) is 0. The van der Waals surface area contributed by atoms with Gasteiger partial charge in [-0.05, 0) is 25.5 Å². The zero-order chi connectivity index (χ0) is 12.7. The van der Waals surface area contributed by atoms with Crippen LogP contribution >= 0.6 is 19.4 Å². The van der Waals surface area contributed by atoms with Crippen LogP contribution in [0, 0.1) is 0 Å². The van der Waals surface area contributed by atoms with E-state index in [1.165, 1.54) is 0 Å². The predicted octanol–water partition coefficient (Wildman–Crippen LogP) is 4.04. The van der Waals surface area contributed by atoms with Crippen LogP contribution in [0.15, 0.2) is 24.3 Å². The third kappa shape index (κ3) is 4.78. The average molecular weight is 279 g/mol. The Labute approximate surface area is 106 Å². The van der Waals surface area contributed by atoms with Crippen molar-refractivity contribution < 1.29 is 18.1 Å². The molecule has 0 heterocycles. The van der Waals surface area contributed by atoms with Crippen molar-refractivity contribution in [3.63, 3.8) is 0 Å². The lowest BCUT2D eigenvalue weighted by atomic mass is 10.2. The second-order valence-electron chi connectivity index (χ2n) is 3.15. The maximum atomic E-state index is 12.0. The average Bonchev–Trinajstić information content (AvgIpc) is 2.29. The Kier molecular flexibility index (Phi) is 6.17. The molecule has 0 aliphatic heterocycles. The van der Waals surface area contributed by atoms with Gasteiger partial charge in [0.15, 0.2) is 0 Å². The zero-order valence-electron chi connectivity index (χ0n) is 9.89. The fourth-order valence-corrected chi connectivity index (χ4v) is 2.54. The van der Waals surface area contributed by atoms with Crippen LogP contribution in [0.2, 0.25) is 5.02 Å². The molecule has 6 heteroatoms. The van der Waals surface area contributed by atoms with E-state index in [4.69, 9.17) is 25.2 Å². The van der Waals surface area contributed by atoms with E-state index in [1.54, 1.807) is 26.0 Å². The topological polar surface area (TPSA) is 44.8 Å². The molecule has 0 aliphatic rings. The second kappa shape index (κ2) is 7.14. The Hall–Kier alpha value is -0.380. The highest BCUT2D eigenvalue weighted by molar-refractivity contribution is 7.48. The van der Waals surface area contributed by atoms with Crippen LogP contribution in [0.5, 0.6) is 0 Å². The molecule has 0 amide bonds. The summed E-state index contributed by atoms with van der Waals surface area (Å²) in [6.07, 6.45) is 0. The van der Waals surface area contributed by atoms with E-state index in [0.717, 1.165) is 5.56 Å². The Morgan fingerprint density at radius 3 is 2.24 bits per heavy atom. The third-order valence-electron chi connectivity index (χ3n) is 1.91. The SMILES string of the molecule is CCOP(=O)(OCC)OCc1ccccc1Cl. The quantitative estimate of drug-likeness (QED) is 0.706. The van der Waals surface area contributed by atoms with Crippen molar-refractivity contribution in [1.29, 1.82) is 0 Å². The molecule has 0 bridgehead atoms. The van der Waals surface area contributed by atoms with Gasteiger partial charge in [0.2, 0.25) is 0 Å². The molecule has 0 spiro atoms. The molecule has 4 nitrogen and oxygen atoms in total. The fourth-order valence-electron chi connectivity index (χ4n) is 1.19. The van der Waals surface area contributed by atoms with Crippen LogP contribution in [0.1, 0.15) is 19.4 Å². The summed E-state index contributed by atoms with van der Waals surface area (Å²) in [6, 6.07) is 7.18. The molecule has 17 heavy (non-hydrogen) atoms. The molecule has 1 aromatic rings. The van der Waals surface area contributed by atoms with E-state index in [1.807, 2.05) is 12.1 Å². The summed E-state index contributed by atoms with van der Waals surface area (Å²) in [7, 11) is -3.46. The van der Waals surface area contributed by atoms with Crippen molar-refractivity contribution in [3.05, 3.63) is 34.9 Å². The summed E-state index contributed by atoms with van der Waals surface area (Å²) in [5.41, 5.74) is 0.744. The number of phosphoric acid groups is 1. The van der Waals surface area contributed by atoms with Gasteiger partial charge in [-0.25, -0.2) is 4.57 Å². The lowest BCUT2D eigenvalue weighted by Gasteiger charge is -2.16. The third-order valence-corrected chi connectivity index (χ3v) is 3.87. The Bertz CT molecular complexity index is 387. The molecule has 0 aliphatic carbocycles. The van der Waals surface area contributed by atoms with Gasteiger partial charge in [0.05, 0.1) is 19.8 Å². The molecule has 0 aromatic heterocycles. The Morgan fingerprint density at radius 1 is 1.12 bits per heavy atom. The molecule has 0 fully saturated rings. The van der Waals surface area contributed by atoms with Crippen LogP contribution in [0.25, 0.3) is 0 Å². The molecule has 0 unspecified atom stereocenters. The van der Waals surface area contributed by atoms with Crippen molar-refractivity contribution in [3.8, 4) is 0 Å². The Balaban J connectivity index is 2.64. The van der Waals surface area contributed by atoms with Crippen LogP contribution in [-0.4, -0.2) is 13.2 Å². The summed E-state index contributed by atoms with van der Waals surface area (Å²) in [6.45, 7) is 4.08. The largest absolute Gasteiger partial charge is 0.475 e. The van der Waals surface area contributed by atoms with E-state index < -0.39 is 7.82 Å². The minimum Gasteiger partial charge on any atom is -0.287 e. The van der Waals surface area contributed by atoms with Crippen molar-refractivity contribution in [2.24, 2.45) is 0 Å². The molecule has 1 rings (SSSR count). The summed E-state index contributed by atoms with van der Waals surface area (Å²) in [5, 5.41) is 0.562. The lowest BCUT2D eigenvalue weighted by molar-refractivity contribution is 0.116. The molecule has 0 atom stereocenters. The van der Waals surface area contributed by atoms with Crippen molar-refractivity contribution in [2.45, 2.75) is 20.5 Å². The number of rotatable bonds is 7. The molecule has 1 aromatic carbocycles. The molecular formula is C11H16ClO4P. The first-order valence-electron chi connectivity index (χ1n) is 5.38. The van der Waals surface area contributed by atoms with Gasteiger partial charge in [-0.15, -0.1) is 0 Å². The van der Waals surface area contributed by atoms with Gasteiger partial charge in [-0.2, -0.15) is 0 Å². The second-order valence-corrected chi connectivity index (χ2v) is 5.22. The van der Waals surface area contributed by atoms with Crippen LogP contribution in [0.3, 0.4) is 0 Å². The molecule has 0 N–H and O–H groups in total. The molecule has 0 radical (unpaired) electrons. The first-order valence-corrected chi connectivity index (χ1v) is 7.22. The van der Waals surface area contributed by atoms with E-state index in [9.17, 15) is 4.57 Å². The highest BCUT2D eigenvalue weighted by atomic mass is 35.5. The first-order chi connectivity index (χ1) is 8.11. The monoisotopic (exact) mass is 278 g/mol. The van der Waals surface area contributed by atoms with Crippen LogP contribution in [0.4, 0.5) is 0 Å². The number of benzene rings is 1. The van der Waals surface area contributed by atoms with Gasteiger partial charge >= 0.3 is 7.82 Å². The van der Waals surface area contributed by atoms with E-state index in [2.05, 4.69) is 0 Å². The zero-order valence-corrected chi connectivity index (χ0v) is 11.5. The standard InChI is InChI=1S/C11H16ClO4P/c1-3-14-17(13,15-4-2)16-9-10-7-5-6-8-11(10)12/h5-8H,3-4,9H2,1-2H3. The maximum absolute atomic E-state index is 12.0. The van der Waals surface area contributed by atoms with E-state index in [0.29, 0.717) is 5.02 Å². The van der Waals surface area contributed by atoms with Gasteiger partial charge in [0, 0.05) is 5.02 Å². The summed E-state index contributed by atoms with van der Waals surface area (Å²) in [5.74, 6) is 0. The highest BCUT2D eigenvalue weighted by Gasteiger charge is 2.25. The summed E-state index contributed by atoms with van der Waals surface area (Å²) in [4.78, 5) is 0. The van der Waals surface area contributed by atoms with E-state index >= 15 is 0 Å². The Morgan fingerprint density at radius 2 is 1.71 bits per heavy atom. The highest BCUT2D eigenvalue weighted by Crippen LogP contribution is 2.50. The maximum Gasteiger partial charge on any atom is 0.475 e. The fraction of sp³-hybridized carbons (Fsp3) is 0.455. The van der Waals surface area contributed by atoms with Crippen molar-refractivity contribution in [2.75, 3.05) is 13.2 Å². The van der Waals surface area contributed by atoms with Crippen LogP contribution in [-0.2, 0) is 24.7 Å². The van der Waals surface area contributed by atoms with Gasteiger partial charge in [-0.1, -0.05) is 29.8 Å². The van der Waals surface area contributed by atoms with Crippen molar-refractivity contribution in [1.82, 2.24) is 0 Å². The van der Waals surface area contributed by atoms with Gasteiger partial charge < -0.3 is 0 Å².